The normalized spacial score (nSPS) is 22.1. The quantitative estimate of drug-likeness (QED) is 0.115. The lowest BCUT2D eigenvalue weighted by Gasteiger charge is -2.31. The summed E-state index contributed by atoms with van der Waals surface area (Å²) in [7, 11) is 1.67. The molecule has 0 spiro atoms. The van der Waals surface area contributed by atoms with Crippen molar-refractivity contribution in [3.05, 3.63) is 105 Å². The predicted octanol–water partition coefficient (Wildman–Crippen LogP) is 7.80. The van der Waals surface area contributed by atoms with Crippen LogP contribution >= 0.6 is 0 Å². The van der Waals surface area contributed by atoms with Crippen LogP contribution in [0.2, 0.25) is 0 Å². The van der Waals surface area contributed by atoms with Gasteiger partial charge in [-0.25, -0.2) is 26.3 Å². The van der Waals surface area contributed by atoms with Gasteiger partial charge in [0, 0.05) is 37.4 Å². The Bertz CT molecular complexity index is 1390. The van der Waals surface area contributed by atoms with Crippen molar-refractivity contribution in [1.82, 2.24) is 0 Å². The van der Waals surface area contributed by atoms with Crippen LogP contribution in [0.25, 0.3) is 0 Å². The van der Waals surface area contributed by atoms with Crippen LogP contribution < -0.4 is 0 Å². The van der Waals surface area contributed by atoms with Crippen molar-refractivity contribution in [2.24, 2.45) is 0 Å². The zero-order valence-corrected chi connectivity index (χ0v) is 24.9. The first-order chi connectivity index (χ1) is 21.7. The predicted molar refractivity (Wildman–Crippen MR) is 153 cm³/mol. The van der Waals surface area contributed by atoms with E-state index in [0.29, 0.717) is 31.8 Å². The fraction of sp³-hybridized carbons (Fsp3) is 0.471. The van der Waals surface area contributed by atoms with E-state index in [1.165, 1.54) is 6.07 Å². The van der Waals surface area contributed by atoms with Gasteiger partial charge in [0.1, 0.15) is 17.5 Å². The van der Waals surface area contributed by atoms with Gasteiger partial charge in [-0.3, -0.25) is 0 Å². The molecule has 5 nitrogen and oxygen atoms in total. The van der Waals surface area contributed by atoms with Gasteiger partial charge in [-0.05, 0) is 85.5 Å². The number of unbranched alkanes of at least 4 members (excludes halogenated alkanes) is 1. The summed E-state index contributed by atoms with van der Waals surface area (Å²) in [5.74, 6) is -6.94. The molecule has 45 heavy (non-hydrogen) atoms. The van der Waals surface area contributed by atoms with E-state index in [-0.39, 0.29) is 55.0 Å². The van der Waals surface area contributed by atoms with E-state index in [2.05, 4.69) is 0 Å². The Balaban J connectivity index is 1.12. The van der Waals surface area contributed by atoms with Crippen molar-refractivity contribution in [1.29, 1.82) is 0 Å². The number of methoxy groups -OCH3 is 1. The van der Waals surface area contributed by atoms with Gasteiger partial charge in [0.2, 0.25) is 0 Å². The minimum atomic E-state index is -1.60. The fourth-order valence-electron chi connectivity index (χ4n) is 5.69. The Morgan fingerprint density at radius 2 is 1.36 bits per heavy atom. The van der Waals surface area contributed by atoms with Gasteiger partial charge >= 0.3 is 0 Å². The summed E-state index contributed by atoms with van der Waals surface area (Å²) in [6, 6.07) is 8.73. The first-order valence-corrected chi connectivity index (χ1v) is 15.1. The maximum atomic E-state index is 15.2. The van der Waals surface area contributed by atoms with E-state index < -0.39 is 47.1 Å². The molecular weight excluding hydrogens is 602 g/mol. The van der Waals surface area contributed by atoms with Crippen LogP contribution in [0.5, 0.6) is 0 Å². The van der Waals surface area contributed by atoms with Crippen molar-refractivity contribution in [3.63, 3.8) is 0 Å². The molecule has 2 heterocycles. The zero-order chi connectivity index (χ0) is 31.9. The van der Waals surface area contributed by atoms with Crippen molar-refractivity contribution in [3.8, 4) is 0 Å². The smallest absolute Gasteiger partial charge is 0.194 e. The zero-order valence-electron chi connectivity index (χ0n) is 24.9. The van der Waals surface area contributed by atoms with E-state index in [0.717, 1.165) is 49.1 Å². The summed E-state index contributed by atoms with van der Waals surface area (Å²) in [5.41, 5.74) is 1.03. The number of benzene rings is 3. The van der Waals surface area contributed by atoms with Gasteiger partial charge in [0.05, 0.1) is 32.0 Å². The average molecular weight is 639 g/mol. The van der Waals surface area contributed by atoms with Gasteiger partial charge in [0.15, 0.2) is 23.7 Å². The summed E-state index contributed by atoms with van der Waals surface area (Å²) >= 11 is 0. The van der Waals surface area contributed by atoms with Gasteiger partial charge in [0.25, 0.3) is 0 Å². The molecule has 2 fully saturated rings. The molecule has 0 amide bonds. The molecular formula is C34H36F6O5. The second-order valence-electron chi connectivity index (χ2n) is 11.4. The van der Waals surface area contributed by atoms with Crippen LogP contribution in [0.4, 0.5) is 26.3 Å². The highest BCUT2D eigenvalue weighted by Gasteiger charge is 2.29. The monoisotopic (exact) mass is 638 g/mol. The van der Waals surface area contributed by atoms with Crippen molar-refractivity contribution in [2.45, 2.75) is 62.9 Å². The fourth-order valence-corrected chi connectivity index (χ4v) is 5.69. The molecule has 2 unspecified atom stereocenters. The third-order valence-electron chi connectivity index (χ3n) is 8.21. The number of halogens is 6. The Kier molecular flexibility index (Phi) is 11.5. The minimum absolute atomic E-state index is 0.0221. The molecule has 0 saturated carbocycles. The first kappa shape index (κ1) is 33.4. The molecule has 0 aliphatic carbocycles. The van der Waals surface area contributed by atoms with E-state index in [1.54, 1.807) is 13.2 Å². The second kappa shape index (κ2) is 15.6. The molecule has 0 bridgehead atoms. The highest BCUT2D eigenvalue weighted by atomic mass is 19.2. The van der Waals surface area contributed by atoms with Crippen LogP contribution in [-0.4, -0.2) is 46.2 Å². The maximum absolute atomic E-state index is 15.2. The summed E-state index contributed by atoms with van der Waals surface area (Å²) in [6.07, 6.45) is 1.82. The summed E-state index contributed by atoms with van der Waals surface area (Å²) in [4.78, 5) is 0. The SMILES string of the molecule is COCCCCOC1CCC(c2ccc(C3COC(c4cc(F)c(CCc5cc(F)c(F)c(F)c5)c(F)c4)OC3)c(F)c2)OC1. The van der Waals surface area contributed by atoms with Crippen LogP contribution in [0, 0.1) is 34.9 Å². The molecule has 0 radical (unpaired) electrons. The second-order valence-corrected chi connectivity index (χ2v) is 11.4. The lowest BCUT2D eigenvalue weighted by Crippen LogP contribution is -2.28. The highest BCUT2D eigenvalue weighted by Crippen LogP contribution is 2.35. The topological polar surface area (TPSA) is 46.2 Å². The number of hydrogen-bond donors (Lipinski definition) is 0. The molecule has 2 saturated heterocycles. The minimum Gasteiger partial charge on any atom is -0.385 e. The summed E-state index contributed by atoms with van der Waals surface area (Å²) in [5, 5.41) is 0. The number of rotatable bonds is 12. The first-order valence-electron chi connectivity index (χ1n) is 15.1. The molecule has 3 aromatic carbocycles. The summed E-state index contributed by atoms with van der Waals surface area (Å²) in [6.45, 7) is 1.94. The third-order valence-corrected chi connectivity index (χ3v) is 8.21. The lowest BCUT2D eigenvalue weighted by atomic mass is 9.94. The largest absolute Gasteiger partial charge is 0.385 e. The van der Waals surface area contributed by atoms with Gasteiger partial charge in [-0.2, -0.15) is 0 Å². The number of ether oxygens (including phenoxy) is 5. The van der Waals surface area contributed by atoms with Crippen molar-refractivity contribution < 1.29 is 50.0 Å². The Labute approximate surface area is 258 Å². The molecule has 5 rings (SSSR count). The van der Waals surface area contributed by atoms with E-state index in [9.17, 15) is 22.0 Å². The Hall–Kier alpha value is -2.96. The maximum Gasteiger partial charge on any atom is 0.194 e. The van der Waals surface area contributed by atoms with Crippen molar-refractivity contribution in [2.75, 3.05) is 40.1 Å². The highest BCUT2D eigenvalue weighted by molar-refractivity contribution is 5.31. The van der Waals surface area contributed by atoms with E-state index >= 15 is 4.39 Å². The standard InChI is InChI=1S/C34H36F6O5/c1-41-10-2-3-11-42-24-6-9-32(43-19-24)21-5-8-25(27(35)14-21)23-17-44-34(45-18-23)22-15-28(36)26(29(37)16-22)7-4-20-12-30(38)33(40)31(39)13-20/h5,8,12-16,23-24,32,34H,2-4,6-7,9-11,17-19H2,1H3. The molecule has 244 valence electrons. The van der Waals surface area contributed by atoms with Gasteiger partial charge < -0.3 is 23.7 Å². The van der Waals surface area contributed by atoms with Gasteiger partial charge in [-0.15, -0.1) is 0 Å². The van der Waals surface area contributed by atoms with Crippen molar-refractivity contribution >= 4 is 0 Å². The summed E-state index contributed by atoms with van der Waals surface area (Å²) < 4.78 is 113. The van der Waals surface area contributed by atoms with Crippen LogP contribution in [0.3, 0.4) is 0 Å². The molecule has 2 atom stereocenters. The Morgan fingerprint density at radius 1 is 0.689 bits per heavy atom. The molecule has 2 aliphatic heterocycles. The van der Waals surface area contributed by atoms with Gasteiger partial charge in [-0.1, -0.05) is 12.1 Å². The molecule has 0 N–H and O–H groups in total. The van der Waals surface area contributed by atoms with Crippen LogP contribution in [0.1, 0.15) is 71.8 Å². The molecule has 3 aromatic rings. The molecule has 2 aliphatic rings. The van der Waals surface area contributed by atoms with E-state index in [1.807, 2.05) is 6.07 Å². The Morgan fingerprint density at radius 3 is 1.98 bits per heavy atom. The lowest BCUT2D eigenvalue weighted by molar-refractivity contribution is -0.192. The number of hydrogen-bond acceptors (Lipinski definition) is 5. The van der Waals surface area contributed by atoms with Crippen LogP contribution in [-0.2, 0) is 36.5 Å². The molecule has 0 aromatic heterocycles. The van der Waals surface area contributed by atoms with Crippen LogP contribution in [0.15, 0.2) is 42.5 Å². The molecule has 11 heteroatoms. The third kappa shape index (κ3) is 8.45. The average Bonchev–Trinajstić information content (AvgIpc) is 3.03. The van der Waals surface area contributed by atoms with E-state index in [4.69, 9.17) is 23.7 Å². The number of aryl methyl sites for hydroxylation is 1.